The third-order valence-corrected chi connectivity index (χ3v) is 5.25. The second-order valence-electron chi connectivity index (χ2n) is 5.01. The van der Waals surface area contributed by atoms with Crippen LogP contribution in [0.4, 0.5) is 0 Å². The quantitative estimate of drug-likeness (QED) is 0.736. The lowest BCUT2D eigenvalue weighted by molar-refractivity contribution is 0.218. The van der Waals surface area contributed by atoms with Crippen molar-refractivity contribution in [3.63, 3.8) is 0 Å². The van der Waals surface area contributed by atoms with Crippen molar-refractivity contribution >= 4 is 10.0 Å². The van der Waals surface area contributed by atoms with Crippen LogP contribution in [0.3, 0.4) is 0 Å². The van der Waals surface area contributed by atoms with Crippen molar-refractivity contribution < 1.29 is 8.42 Å². The van der Waals surface area contributed by atoms with Gasteiger partial charge in [0, 0.05) is 12.6 Å². The molecule has 0 bridgehead atoms. The van der Waals surface area contributed by atoms with Crippen molar-refractivity contribution in [3.8, 4) is 0 Å². The monoisotopic (exact) mass is 248 g/mol. The minimum absolute atomic E-state index is 0.186. The van der Waals surface area contributed by atoms with Crippen LogP contribution in [-0.4, -0.2) is 37.6 Å². The summed E-state index contributed by atoms with van der Waals surface area (Å²) in [6.45, 7) is 5.04. The average molecular weight is 248 g/mol. The molecule has 0 aromatic heterocycles. The maximum absolute atomic E-state index is 12.2. The van der Waals surface area contributed by atoms with Crippen LogP contribution < -0.4 is 5.73 Å². The fourth-order valence-electron chi connectivity index (χ4n) is 1.99. The van der Waals surface area contributed by atoms with Crippen LogP contribution in [0.1, 0.15) is 39.5 Å². The largest absolute Gasteiger partial charge is 0.330 e. The summed E-state index contributed by atoms with van der Waals surface area (Å²) < 4.78 is 26.0. The van der Waals surface area contributed by atoms with Crippen LogP contribution in [0.5, 0.6) is 0 Å². The van der Waals surface area contributed by atoms with E-state index in [-0.39, 0.29) is 17.7 Å². The topological polar surface area (TPSA) is 63.4 Å². The van der Waals surface area contributed by atoms with E-state index in [0.29, 0.717) is 13.1 Å². The highest BCUT2D eigenvalue weighted by Gasteiger charge is 2.33. The van der Waals surface area contributed by atoms with Crippen LogP contribution in [0.2, 0.25) is 0 Å². The Kier molecular flexibility index (Phi) is 5.21. The Morgan fingerprint density at radius 3 is 2.38 bits per heavy atom. The normalized spacial score (nSPS) is 18.1. The van der Waals surface area contributed by atoms with Gasteiger partial charge in [-0.2, -0.15) is 4.31 Å². The Bertz CT molecular complexity index is 297. The van der Waals surface area contributed by atoms with Crippen molar-refractivity contribution in [2.75, 3.05) is 18.8 Å². The molecule has 0 amide bonds. The van der Waals surface area contributed by atoms with Crippen molar-refractivity contribution in [3.05, 3.63) is 0 Å². The zero-order chi connectivity index (χ0) is 12.2. The molecular formula is C11H24N2O2S. The van der Waals surface area contributed by atoms with Crippen LogP contribution >= 0.6 is 0 Å². The van der Waals surface area contributed by atoms with Gasteiger partial charge < -0.3 is 5.73 Å². The molecule has 0 aliphatic heterocycles. The molecule has 0 aromatic carbocycles. The molecule has 0 saturated heterocycles. The molecule has 96 valence electrons. The number of sulfonamides is 1. The van der Waals surface area contributed by atoms with E-state index in [9.17, 15) is 8.42 Å². The van der Waals surface area contributed by atoms with Gasteiger partial charge in [0.1, 0.15) is 0 Å². The highest BCUT2D eigenvalue weighted by Crippen LogP contribution is 2.27. The van der Waals surface area contributed by atoms with Gasteiger partial charge in [-0.25, -0.2) is 8.42 Å². The Morgan fingerprint density at radius 2 is 2.00 bits per heavy atom. The summed E-state index contributed by atoms with van der Waals surface area (Å²) in [5.74, 6) is 0.444. The standard InChI is InChI=1S/C11H24N2O2S/c1-10(2)9-16(14,15)13(8-4-7-12)11-5-3-6-11/h10-11H,3-9,12H2,1-2H3. The predicted octanol–water partition coefficient (Wildman–Crippen LogP) is 1.18. The van der Waals surface area contributed by atoms with Gasteiger partial charge in [-0.1, -0.05) is 20.3 Å². The molecular weight excluding hydrogens is 224 g/mol. The summed E-state index contributed by atoms with van der Waals surface area (Å²) in [4.78, 5) is 0. The fourth-order valence-corrected chi connectivity index (χ4v) is 4.09. The van der Waals surface area contributed by atoms with Crippen molar-refractivity contribution in [2.45, 2.75) is 45.6 Å². The highest BCUT2D eigenvalue weighted by atomic mass is 32.2. The summed E-state index contributed by atoms with van der Waals surface area (Å²) in [6.07, 6.45) is 3.94. The number of hydrogen-bond donors (Lipinski definition) is 1. The van der Waals surface area contributed by atoms with Crippen molar-refractivity contribution in [1.29, 1.82) is 0 Å². The highest BCUT2D eigenvalue weighted by molar-refractivity contribution is 7.89. The molecule has 1 aliphatic carbocycles. The zero-order valence-corrected chi connectivity index (χ0v) is 11.2. The SMILES string of the molecule is CC(C)CS(=O)(=O)N(CCCN)C1CCC1. The van der Waals surface area contributed by atoms with E-state index in [1.165, 1.54) is 0 Å². The van der Waals surface area contributed by atoms with E-state index in [1.807, 2.05) is 13.8 Å². The second-order valence-corrected chi connectivity index (χ2v) is 6.98. The first kappa shape index (κ1) is 13.9. The number of hydrogen-bond acceptors (Lipinski definition) is 3. The van der Waals surface area contributed by atoms with Crippen molar-refractivity contribution in [2.24, 2.45) is 11.7 Å². The van der Waals surface area contributed by atoms with Gasteiger partial charge >= 0.3 is 0 Å². The van der Waals surface area contributed by atoms with Gasteiger partial charge in [0.2, 0.25) is 10.0 Å². The summed E-state index contributed by atoms with van der Waals surface area (Å²) in [5.41, 5.74) is 5.46. The lowest BCUT2D eigenvalue weighted by Gasteiger charge is -2.36. The molecule has 0 radical (unpaired) electrons. The number of nitrogens with zero attached hydrogens (tertiary/aromatic N) is 1. The molecule has 0 atom stereocenters. The van der Waals surface area contributed by atoms with E-state index < -0.39 is 10.0 Å². The molecule has 4 nitrogen and oxygen atoms in total. The minimum atomic E-state index is -3.08. The lowest BCUT2D eigenvalue weighted by Crippen LogP contribution is -2.46. The smallest absolute Gasteiger partial charge is 0.214 e. The van der Waals surface area contributed by atoms with Gasteiger partial charge in [0.25, 0.3) is 0 Å². The fraction of sp³-hybridized carbons (Fsp3) is 1.00. The molecule has 2 N–H and O–H groups in total. The van der Waals surface area contributed by atoms with E-state index in [0.717, 1.165) is 25.7 Å². The molecule has 0 heterocycles. The second kappa shape index (κ2) is 5.98. The van der Waals surface area contributed by atoms with Crippen LogP contribution in [0.25, 0.3) is 0 Å². The first-order chi connectivity index (χ1) is 7.47. The molecule has 1 aliphatic rings. The van der Waals surface area contributed by atoms with Crippen molar-refractivity contribution in [1.82, 2.24) is 4.31 Å². The molecule has 1 rings (SSSR count). The van der Waals surface area contributed by atoms with E-state index in [4.69, 9.17) is 5.73 Å². The Balaban J connectivity index is 2.66. The van der Waals surface area contributed by atoms with E-state index >= 15 is 0 Å². The van der Waals surface area contributed by atoms with E-state index in [1.54, 1.807) is 4.31 Å². The summed E-state index contributed by atoms with van der Waals surface area (Å²) in [6, 6.07) is 0.246. The molecule has 16 heavy (non-hydrogen) atoms. The zero-order valence-electron chi connectivity index (χ0n) is 10.4. The number of nitrogens with two attached hydrogens (primary N) is 1. The Morgan fingerprint density at radius 1 is 1.38 bits per heavy atom. The Hall–Kier alpha value is -0.130. The average Bonchev–Trinajstić information content (AvgIpc) is 2.06. The van der Waals surface area contributed by atoms with Gasteiger partial charge in [-0.3, -0.25) is 0 Å². The minimum Gasteiger partial charge on any atom is -0.330 e. The lowest BCUT2D eigenvalue weighted by atomic mass is 9.93. The van der Waals surface area contributed by atoms with Crippen LogP contribution in [-0.2, 0) is 10.0 Å². The van der Waals surface area contributed by atoms with E-state index in [2.05, 4.69) is 0 Å². The third kappa shape index (κ3) is 3.71. The first-order valence-electron chi connectivity index (χ1n) is 6.17. The Labute approximate surface area is 99.2 Å². The molecule has 0 aromatic rings. The third-order valence-electron chi connectivity index (χ3n) is 2.97. The first-order valence-corrected chi connectivity index (χ1v) is 7.78. The molecule has 0 unspecified atom stereocenters. The number of rotatable bonds is 7. The van der Waals surface area contributed by atoms with Gasteiger partial charge in [-0.15, -0.1) is 0 Å². The summed E-state index contributed by atoms with van der Waals surface area (Å²) >= 11 is 0. The summed E-state index contributed by atoms with van der Waals surface area (Å²) in [5, 5.41) is 0. The van der Waals surface area contributed by atoms with Crippen LogP contribution in [0.15, 0.2) is 0 Å². The molecule has 1 saturated carbocycles. The summed E-state index contributed by atoms with van der Waals surface area (Å²) in [7, 11) is -3.08. The van der Waals surface area contributed by atoms with Gasteiger partial charge in [-0.05, 0) is 31.7 Å². The molecule has 5 heteroatoms. The van der Waals surface area contributed by atoms with Gasteiger partial charge in [0.05, 0.1) is 5.75 Å². The molecule has 1 fully saturated rings. The van der Waals surface area contributed by atoms with Crippen LogP contribution in [0, 0.1) is 5.92 Å². The predicted molar refractivity (Wildman–Crippen MR) is 66.6 cm³/mol. The maximum Gasteiger partial charge on any atom is 0.214 e. The maximum atomic E-state index is 12.2. The van der Waals surface area contributed by atoms with Gasteiger partial charge in [0.15, 0.2) is 0 Å². The molecule has 0 spiro atoms.